The van der Waals surface area contributed by atoms with Crippen LogP contribution in [0.2, 0.25) is 5.02 Å². The Morgan fingerprint density at radius 2 is 2.16 bits per heavy atom. The molecule has 1 aromatic carbocycles. The second-order valence-corrected chi connectivity index (χ2v) is 6.42. The number of nitrogens with zero attached hydrogens (tertiary/aromatic N) is 2. The molecule has 25 heavy (non-hydrogen) atoms. The lowest BCUT2D eigenvalue weighted by atomic mass is 10.0. The Morgan fingerprint density at radius 3 is 2.68 bits per heavy atom. The van der Waals surface area contributed by atoms with E-state index in [1.807, 2.05) is 47.4 Å². The highest BCUT2D eigenvalue weighted by Crippen LogP contribution is 2.33. The van der Waals surface area contributed by atoms with Crippen LogP contribution in [0.15, 0.2) is 42.7 Å². The highest BCUT2D eigenvalue weighted by molar-refractivity contribution is 6.30. The Morgan fingerprint density at radius 1 is 1.44 bits per heavy atom. The molecule has 1 saturated carbocycles. The number of hydrogen-bond acceptors (Lipinski definition) is 4. The number of carbonyl (C=O) groups is 1. The molecular weight excluding hydrogens is 342 g/mol. The Labute approximate surface area is 152 Å². The van der Waals surface area contributed by atoms with Gasteiger partial charge in [-0.3, -0.25) is 14.7 Å². The monoisotopic (exact) mass is 365 g/mol. The number of aryl methyl sites for hydroxylation is 1. The van der Waals surface area contributed by atoms with E-state index in [2.05, 4.69) is 5.10 Å². The van der Waals surface area contributed by atoms with Crippen molar-refractivity contribution in [3.8, 4) is 0 Å². The highest BCUT2D eigenvalue weighted by Gasteiger charge is 2.22. The number of nitrogens with one attached hydrogen (secondary N) is 1. The summed E-state index contributed by atoms with van der Waals surface area (Å²) in [5.74, 6) is -0.437. The molecule has 1 aliphatic rings. The quantitative estimate of drug-likeness (QED) is 0.582. The van der Waals surface area contributed by atoms with Gasteiger partial charge in [0, 0.05) is 24.5 Å². The number of hydrogen-bond donors (Lipinski definition) is 2. The SMILES string of the molecule is COC(CCc1ccc(Cl)cc1)CC(=O)NO.c1cnn(C2CC2)c1. The first-order valence-electron chi connectivity index (χ1n) is 8.31. The van der Waals surface area contributed by atoms with E-state index in [0.29, 0.717) is 11.4 Å². The van der Waals surface area contributed by atoms with Crippen molar-refractivity contribution in [1.82, 2.24) is 15.3 Å². The number of amides is 1. The summed E-state index contributed by atoms with van der Waals surface area (Å²) in [5.41, 5.74) is 2.74. The summed E-state index contributed by atoms with van der Waals surface area (Å²) < 4.78 is 7.20. The van der Waals surface area contributed by atoms with Crippen LogP contribution in [-0.4, -0.2) is 34.1 Å². The molecule has 1 aromatic heterocycles. The van der Waals surface area contributed by atoms with E-state index >= 15 is 0 Å². The van der Waals surface area contributed by atoms with Crippen molar-refractivity contribution in [3.63, 3.8) is 0 Å². The van der Waals surface area contributed by atoms with Crippen LogP contribution in [0.1, 0.15) is 37.3 Å². The molecule has 2 aromatic rings. The topological polar surface area (TPSA) is 76.4 Å². The van der Waals surface area contributed by atoms with Gasteiger partial charge in [0.2, 0.25) is 5.91 Å². The first kappa shape index (κ1) is 19.4. The molecule has 1 heterocycles. The standard InChI is InChI=1S/C12H16ClNO3.C6H8N2/c1-17-11(8-12(15)14-16)7-4-9-2-5-10(13)6-3-9;1-4-7-8(5-1)6-2-3-6/h2-3,5-6,11,16H,4,7-8H2,1H3,(H,14,15);1,4-6H,2-3H2. The molecule has 0 saturated heterocycles. The van der Waals surface area contributed by atoms with Crippen molar-refractivity contribution in [2.75, 3.05) is 7.11 Å². The molecule has 3 rings (SSSR count). The molecule has 1 amide bonds. The van der Waals surface area contributed by atoms with Gasteiger partial charge in [-0.05, 0) is 49.4 Å². The molecule has 0 aliphatic heterocycles. The first-order chi connectivity index (χ1) is 12.1. The van der Waals surface area contributed by atoms with Gasteiger partial charge in [-0.1, -0.05) is 23.7 Å². The summed E-state index contributed by atoms with van der Waals surface area (Å²) in [5, 5.41) is 13.2. The minimum atomic E-state index is -0.437. The lowest BCUT2D eigenvalue weighted by Gasteiger charge is -2.13. The fourth-order valence-electron chi connectivity index (χ4n) is 2.37. The van der Waals surface area contributed by atoms with Crippen molar-refractivity contribution in [1.29, 1.82) is 0 Å². The van der Waals surface area contributed by atoms with E-state index < -0.39 is 5.91 Å². The number of aromatic nitrogens is 2. The summed E-state index contributed by atoms with van der Waals surface area (Å²) in [6.45, 7) is 0. The molecule has 0 bridgehead atoms. The number of ether oxygens (including phenoxy) is 1. The molecule has 2 N–H and O–H groups in total. The van der Waals surface area contributed by atoms with Gasteiger partial charge in [-0.25, -0.2) is 5.48 Å². The maximum Gasteiger partial charge on any atom is 0.245 e. The van der Waals surface area contributed by atoms with Gasteiger partial charge in [-0.2, -0.15) is 5.10 Å². The van der Waals surface area contributed by atoms with Gasteiger partial charge in [0.1, 0.15) is 0 Å². The van der Waals surface area contributed by atoms with Crippen molar-refractivity contribution in [3.05, 3.63) is 53.3 Å². The minimum absolute atomic E-state index is 0.153. The summed E-state index contributed by atoms with van der Waals surface area (Å²) in [6, 6.07) is 10.3. The first-order valence-corrected chi connectivity index (χ1v) is 8.69. The third kappa shape index (κ3) is 7.25. The molecule has 1 unspecified atom stereocenters. The third-order valence-electron chi connectivity index (χ3n) is 3.99. The number of rotatable bonds is 7. The zero-order valence-electron chi connectivity index (χ0n) is 14.3. The normalized spacial score (nSPS) is 14.4. The van der Waals surface area contributed by atoms with Crippen LogP contribution in [0.3, 0.4) is 0 Å². The fraction of sp³-hybridized carbons (Fsp3) is 0.444. The van der Waals surface area contributed by atoms with Crippen LogP contribution in [-0.2, 0) is 16.0 Å². The van der Waals surface area contributed by atoms with Crippen molar-refractivity contribution < 1.29 is 14.7 Å². The summed E-state index contributed by atoms with van der Waals surface area (Å²) in [7, 11) is 1.55. The molecule has 1 fully saturated rings. The van der Waals surface area contributed by atoms with Crippen LogP contribution in [0.25, 0.3) is 0 Å². The predicted molar refractivity (Wildman–Crippen MR) is 95.6 cm³/mol. The number of methoxy groups -OCH3 is 1. The predicted octanol–water partition coefficient (Wildman–Crippen LogP) is 3.40. The van der Waals surface area contributed by atoms with E-state index in [9.17, 15) is 4.79 Å². The van der Waals surface area contributed by atoms with Crippen LogP contribution >= 0.6 is 11.6 Å². The van der Waals surface area contributed by atoms with Gasteiger partial charge < -0.3 is 4.74 Å². The molecule has 7 heteroatoms. The number of halogens is 1. The zero-order chi connectivity index (χ0) is 18.1. The molecule has 0 spiro atoms. The zero-order valence-corrected chi connectivity index (χ0v) is 15.0. The van der Waals surface area contributed by atoms with Crippen LogP contribution in [0.4, 0.5) is 0 Å². The average Bonchev–Trinajstić information content (AvgIpc) is 3.34. The minimum Gasteiger partial charge on any atom is -0.381 e. The third-order valence-corrected chi connectivity index (χ3v) is 4.24. The maximum atomic E-state index is 11.0. The Bertz CT molecular complexity index is 628. The van der Waals surface area contributed by atoms with Gasteiger partial charge in [0.05, 0.1) is 18.6 Å². The van der Waals surface area contributed by atoms with E-state index in [1.54, 1.807) is 12.6 Å². The molecule has 0 radical (unpaired) electrons. The van der Waals surface area contributed by atoms with Crippen LogP contribution < -0.4 is 5.48 Å². The maximum absolute atomic E-state index is 11.0. The lowest BCUT2D eigenvalue weighted by molar-refractivity contribution is -0.131. The summed E-state index contributed by atoms with van der Waals surface area (Å²) in [4.78, 5) is 11.0. The smallest absolute Gasteiger partial charge is 0.245 e. The van der Waals surface area contributed by atoms with E-state index in [-0.39, 0.29) is 12.5 Å². The molecule has 1 atom stereocenters. The van der Waals surface area contributed by atoms with E-state index in [1.165, 1.54) is 12.8 Å². The number of carbonyl (C=O) groups excluding carboxylic acids is 1. The van der Waals surface area contributed by atoms with Gasteiger partial charge in [0.25, 0.3) is 0 Å². The Kier molecular flexibility index (Phi) is 7.91. The largest absolute Gasteiger partial charge is 0.381 e. The van der Waals surface area contributed by atoms with Gasteiger partial charge in [-0.15, -0.1) is 0 Å². The number of benzene rings is 1. The lowest BCUT2D eigenvalue weighted by Crippen LogP contribution is -2.25. The van der Waals surface area contributed by atoms with Crippen LogP contribution in [0, 0.1) is 0 Å². The van der Waals surface area contributed by atoms with Gasteiger partial charge >= 0.3 is 0 Å². The molecule has 1 aliphatic carbocycles. The molecular formula is C18H24ClN3O3. The van der Waals surface area contributed by atoms with E-state index in [0.717, 1.165) is 18.0 Å². The molecule has 136 valence electrons. The average molecular weight is 366 g/mol. The summed E-state index contributed by atoms with van der Waals surface area (Å²) >= 11 is 5.78. The fourth-order valence-corrected chi connectivity index (χ4v) is 2.50. The Hall–Kier alpha value is -1.89. The number of hydroxylamine groups is 1. The summed E-state index contributed by atoms with van der Waals surface area (Å²) in [6.07, 6.45) is 7.97. The second kappa shape index (κ2) is 10.2. The van der Waals surface area contributed by atoms with Crippen molar-refractivity contribution in [2.24, 2.45) is 0 Å². The Balaban J connectivity index is 0.000000230. The molecule has 6 nitrogen and oxygen atoms in total. The second-order valence-electron chi connectivity index (χ2n) is 5.98. The van der Waals surface area contributed by atoms with E-state index in [4.69, 9.17) is 21.5 Å². The van der Waals surface area contributed by atoms with Crippen molar-refractivity contribution in [2.45, 2.75) is 44.2 Å². The van der Waals surface area contributed by atoms with Gasteiger partial charge in [0.15, 0.2) is 0 Å². The van der Waals surface area contributed by atoms with Crippen molar-refractivity contribution >= 4 is 17.5 Å². The highest BCUT2D eigenvalue weighted by atomic mass is 35.5. The van der Waals surface area contributed by atoms with Crippen LogP contribution in [0.5, 0.6) is 0 Å².